The molecular weight excluding hydrogens is 327 g/mol. The van der Waals surface area contributed by atoms with Crippen LogP contribution in [0.2, 0.25) is 0 Å². The average molecular weight is 348 g/mol. The van der Waals surface area contributed by atoms with Crippen LogP contribution in [0.15, 0.2) is 18.3 Å². The summed E-state index contributed by atoms with van der Waals surface area (Å²) in [5.41, 5.74) is 2.34. The molecule has 3 rings (SSSR count). The number of rotatable bonds is 4. The summed E-state index contributed by atoms with van der Waals surface area (Å²) in [6.45, 7) is 3.68. The molecule has 0 spiro atoms. The van der Waals surface area contributed by atoms with Crippen LogP contribution in [-0.4, -0.2) is 40.6 Å². The van der Waals surface area contributed by atoms with Gasteiger partial charge < -0.3 is 9.64 Å². The standard InChI is InChI=1S/C17H21FN4O3/c1-17(2,10-18)21-6-5-13-12(9-19-20(13)3)11-7-15(22(23)24)16(25-4)8-14(11)21/h7-9H,5-6,10H2,1-4H3. The summed E-state index contributed by atoms with van der Waals surface area (Å²) in [7, 11) is 3.23. The van der Waals surface area contributed by atoms with Gasteiger partial charge in [-0.1, -0.05) is 0 Å². The fourth-order valence-corrected chi connectivity index (χ4v) is 3.33. The van der Waals surface area contributed by atoms with Crippen molar-refractivity contribution in [1.82, 2.24) is 9.78 Å². The molecule has 1 aliphatic heterocycles. The number of aryl methyl sites for hydroxylation is 1. The second-order valence-electron chi connectivity index (χ2n) is 6.77. The van der Waals surface area contributed by atoms with E-state index in [-0.39, 0.29) is 11.4 Å². The van der Waals surface area contributed by atoms with Crippen molar-refractivity contribution in [3.63, 3.8) is 0 Å². The maximum absolute atomic E-state index is 13.7. The molecule has 0 fully saturated rings. The first kappa shape index (κ1) is 17.2. The number of anilines is 1. The Balaban J connectivity index is 2.32. The summed E-state index contributed by atoms with van der Waals surface area (Å²) < 4.78 is 20.7. The second kappa shape index (κ2) is 6.02. The Labute approximate surface area is 145 Å². The molecule has 1 aliphatic rings. The van der Waals surface area contributed by atoms with Crippen molar-refractivity contribution in [3.05, 3.63) is 34.1 Å². The monoisotopic (exact) mass is 348 g/mol. The van der Waals surface area contributed by atoms with Crippen LogP contribution >= 0.6 is 0 Å². The minimum Gasteiger partial charge on any atom is -0.490 e. The molecule has 0 amide bonds. The predicted molar refractivity (Wildman–Crippen MR) is 93.0 cm³/mol. The van der Waals surface area contributed by atoms with Gasteiger partial charge in [0.2, 0.25) is 0 Å². The van der Waals surface area contributed by atoms with Crippen molar-refractivity contribution in [2.75, 3.05) is 25.2 Å². The third kappa shape index (κ3) is 2.71. The van der Waals surface area contributed by atoms with Crippen molar-refractivity contribution >= 4 is 11.4 Å². The van der Waals surface area contributed by atoms with E-state index in [9.17, 15) is 14.5 Å². The lowest BCUT2D eigenvalue weighted by Gasteiger charge is -2.38. The molecule has 0 bridgehead atoms. The zero-order valence-electron chi connectivity index (χ0n) is 14.7. The molecule has 0 unspecified atom stereocenters. The van der Waals surface area contributed by atoms with E-state index >= 15 is 0 Å². The fourth-order valence-electron chi connectivity index (χ4n) is 3.33. The van der Waals surface area contributed by atoms with E-state index in [1.165, 1.54) is 13.2 Å². The first-order chi connectivity index (χ1) is 11.8. The van der Waals surface area contributed by atoms with Gasteiger partial charge in [0.15, 0.2) is 5.75 Å². The molecule has 1 aromatic carbocycles. The Morgan fingerprint density at radius 1 is 1.40 bits per heavy atom. The zero-order chi connectivity index (χ0) is 18.4. The maximum atomic E-state index is 13.7. The van der Waals surface area contributed by atoms with E-state index in [0.717, 1.165) is 16.9 Å². The molecule has 0 saturated carbocycles. The molecule has 8 heteroatoms. The topological polar surface area (TPSA) is 73.4 Å². The summed E-state index contributed by atoms with van der Waals surface area (Å²) in [5.74, 6) is 0.163. The number of alkyl halides is 1. The van der Waals surface area contributed by atoms with Crippen LogP contribution in [0.25, 0.3) is 11.1 Å². The molecule has 134 valence electrons. The first-order valence-electron chi connectivity index (χ1n) is 8.01. The van der Waals surface area contributed by atoms with E-state index < -0.39 is 17.1 Å². The Morgan fingerprint density at radius 3 is 2.72 bits per heavy atom. The highest BCUT2D eigenvalue weighted by Crippen LogP contribution is 2.45. The number of nitrogens with zero attached hydrogens (tertiary/aromatic N) is 4. The van der Waals surface area contributed by atoms with Crippen molar-refractivity contribution in [2.45, 2.75) is 25.8 Å². The summed E-state index contributed by atoms with van der Waals surface area (Å²) in [6, 6.07) is 3.13. The molecule has 25 heavy (non-hydrogen) atoms. The smallest absolute Gasteiger partial charge is 0.311 e. The van der Waals surface area contributed by atoms with Gasteiger partial charge in [-0.05, 0) is 13.8 Å². The molecular formula is C17H21FN4O3. The van der Waals surface area contributed by atoms with Gasteiger partial charge in [0.05, 0.1) is 23.8 Å². The van der Waals surface area contributed by atoms with Gasteiger partial charge >= 0.3 is 5.69 Å². The Morgan fingerprint density at radius 2 is 2.12 bits per heavy atom. The minimum atomic E-state index is -0.745. The number of fused-ring (bicyclic) bond motifs is 3. The molecule has 2 aromatic rings. The van der Waals surface area contributed by atoms with Gasteiger partial charge in [0.1, 0.15) is 6.67 Å². The van der Waals surface area contributed by atoms with E-state index in [4.69, 9.17) is 4.74 Å². The van der Waals surface area contributed by atoms with Crippen LogP contribution in [0.3, 0.4) is 0 Å². The van der Waals surface area contributed by atoms with E-state index in [1.54, 1.807) is 16.9 Å². The lowest BCUT2D eigenvalue weighted by Crippen LogP contribution is -2.47. The Bertz CT molecular complexity index is 832. The Kier molecular flexibility index (Phi) is 4.14. The number of benzene rings is 1. The molecule has 0 atom stereocenters. The lowest BCUT2D eigenvalue weighted by atomic mass is 9.99. The SMILES string of the molecule is COc1cc2c(cc1[N+](=O)[O-])-c1cnn(C)c1CCN2C(C)(C)CF. The summed E-state index contributed by atoms with van der Waals surface area (Å²) in [4.78, 5) is 12.9. The number of nitro benzene ring substituents is 1. The van der Waals surface area contributed by atoms with Gasteiger partial charge in [-0.3, -0.25) is 14.8 Å². The van der Waals surface area contributed by atoms with Crippen molar-refractivity contribution in [3.8, 4) is 16.9 Å². The van der Waals surface area contributed by atoms with Crippen molar-refractivity contribution in [1.29, 1.82) is 0 Å². The van der Waals surface area contributed by atoms with Gasteiger partial charge in [0, 0.05) is 54.7 Å². The molecule has 0 aliphatic carbocycles. The van der Waals surface area contributed by atoms with Gasteiger partial charge in [-0.2, -0.15) is 5.10 Å². The highest BCUT2D eigenvalue weighted by Gasteiger charge is 2.34. The number of methoxy groups -OCH3 is 1. The normalized spacial score (nSPS) is 13.9. The number of halogens is 1. The van der Waals surface area contributed by atoms with Crippen LogP contribution in [0.4, 0.5) is 15.8 Å². The summed E-state index contributed by atoms with van der Waals surface area (Å²) >= 11 is 0. The van der Waals surface area contributed by atoms with E-state index in [2.05, 4.69) is 5.10 Å². The third-order valence-corrected chi connectivity index (χ3v) is 4.77. The van der Waals surface area contributed by atoms with Crippen molar-refractivity contribution < 1.29 is 14.1 Å². The zero-order valence-corrected chi connectivity index (χ0v) is 14.7. The van der Waals surface area contributed by atoms with Crippen LogP contribution in [0.5, 0.6) is 5.75 Å². The minimum absolute atomic E-state index is 0.115. The van der Waals surface area contributed by atoms with E-state index in [0.29, 0.717) is 18.5 Å². The molecule has 2 heterocycles. The molecule has 0 saturated heterocycles. The van der Waals surface area contributed by atoms with Gasteiger partial charge in [0.25, 0.3) is 0 Å². The highest BCUT2D eigenvalue weighted by molar-refractivity contribution is 5.85. The maximum Gasteiger partial charge on any atom is 0.311 e. The average Bonchev–Trinajstić information content (AvgIpc) is 2.86. The quantitative estimate of drug-likeness (QED) is 0.627. The second-order valence-corrected chi connectivity index (χ2v) is 6.77. The summed E-state index contributed by atoms with van der Waals surface area (Å²) in [5, 5.41) is 15.7. The third-order valence-electron chi connectivity index (χ3n) is 4.77. The highest BCUT2D eigenvalue weighted by atomic mass is 19.1. The molecule has 0 radical (unpaired) electrons. The molecule has 7 nitrogen and oxygen atoms in total. The number of hydrogen-bond acceptors (Lipinski definition) is 5. The van der Waals surface area contributed by atoms with Gasteiger partial charge in [-0.25, -0.2) is 4.39 Å². The predicted octanol–water partition coefficient (Wildman–Crippen LogP) is 3.11. The number of nitro groups is 1. The van der Waals surface area contributed by atoms with Crippen LogP contribution in [0.1, 0.15) is 19.5 Å². The molecule has 0 N–H and O–H groups in total. The number of aromatic nitrogens is 2. The summed E-state index contributed by atoms with van der Waals surface area (Å²) in [6.07, 6.45) is 2.37. The lowest BCUT2D eigenvalue weighted by molar-refractivity contribution is -0.385. The number of ether oxygens (including phenoxy) is 1. The number of hydrogen-bond donors (Lipinski definition) is 0. The molecule has 1 aromatic heterocycles. The van der Waals surface area contributed by atoms with Crippen LogP contribution in [-0.2, 0) is 13.5 Å². The van der Waals surface area contributed by atoms with Crippen molar-refractivity contribution in [2.24, 2.45) is 7.05 Å². The fraction of sp³-hybridized carbons (Fsp3) is 0.471. The van der Waals surface area contributed by atoms with Crippen LogP contribution in [0, 0.1) is 10.1 Å². The Hall–Kier alpha value is -2.64. The van der Waals surface area contributed by atoms with Crippen LogP contribution < -0.4 is 9.64 Å². The first-order valence-corrected chi connectivity index (χ1v) is 8.01. The van der Waals surface area contributed by atoms with Gasteiger partial charge in [-0.15, -0.1) is 0 Å². The van der Waals surface area contributed by atoms with E-state index in [1.807, 2.05) is 25.8 Å². The largest absolute Gasteiger partial charge is 0.490 e.